The molecular formula is C23H28N6O2. The monoisotopic (exact) mass is 420 g/mol. The van der Waals surface area contributed by atoms with E-state index in [2.05, 4.69) is 11.1 Å². The first-order chi connectivity index (χ1) is 14.9. The maximum absolute atomic E-state index is 10.4. The number of rotatable bonds is 4. The number of amides is 2. The number of carbonyl (C=O) groups excluding carboxylic acids is 2. The molecule has 1 aliphatic rings. The van der Waals surface area contributed by atoms with E-state index in [-0.39, 0.29) is 5.91 Å². The van der Waals surface area contributed by atoms with Crippen LogP contribution in [0.3, 0.4) is 0 Å². The molecule has 1 aromatic carbocycles. The van der Waals surface area contributed by atoms with Crippen molar-refractivity contribution >= 4 is 35.1 Å². The number of likely N-dealkylation sites (tertiary alicyclic amines) is 1. The minimum atomic E-state index is -0.379. The average molecular weight is 421 g/mol. The van der Waals surface area contributed by atoms with E-state index in [0.29, 0.717) is 11.1 Å². The van der Waals surface area contributed by atoms with Crippen molar-refractivity contribution in [2.24, 2.45) is 18.5 Å². The molecule has 3 heterocycles. The molecule has 0 aliphatic carbocycles. The zero-order valence-electron chi connectivity index (χ0n) is 17.8. The van der Waals surface area contributed by atoms with E-state index in [1.807, 2.05) is 36.7 Å². The molecule has 2 aromatic heterocycles. The van der Waals surface area contributed by atoms with E-state index in [1.54, 1.807) is 29.2 Å². The summed E-state index contributed by atoms with van der Waals surface area (Å²) in [7, 11) is 1.98. The summed E-state index contributed by atoms with van der Waals surface area (Å²) in [5.41, 5.74) is 14.4. The number of fused-ring (bicyclic) bond motifs is 1. The molecule has 8 heteroatoms. The number of pyridine rings is 1. The molecule has 1 saturated heterocycles. The lowest BCUT2D eigenvalue weighted by atomic mass is 10.2. The summed E-state index contributed by atoms with van der Waals surface area (Å²) in [6.45, 7) is 3.99. The third kappa shape index (κ3) is 6.27. The third-order valence-corrected chi connectivity index (χ3v) is 4.85. The van der Waals surface area contributed by atoms with Crippen LogP contribution < -0.4 is 11.5 Å². The highest BCUT2D eigenvalue weighted by atomic mass is 16.1. The second-order valence-corrected chi connectivity index (χ2v) is 6.95. The molecule has 5 N–H and O–H groups in total. The molecule has 0 radical (unpaired) electrons. The van der Waals surface area contributed by atoms with Crippen LogP contribution in [-0.2, 0) is 11.8 Å². The van der Waals surface area contributed by atoms with Gasteiger partial charge in [0.05, 0.1) is 5.69 Å². The SMILES string of the molecule is Cc1cc2ccc(/C(C=N)=C/N)nc2n1C.NC(=O)c1ccccc1.O=CN1CCC1. The number of allylic oxidation sites excluding steroid dienone is 1. The molecule has 162 valence electrons. The average Bonchev–Trinajstić information content (AvgIpc) is 3.03. The van der Waals surface area contributed by atoms with Gasteiger partial charge in [0, 0.05) is 54.8 Å². The Balaban J connectivity index is 0.000000190. The van der Waals surface area contributed by atoms with Crippen LogP contribution in [-0.4, -0.2) is 46.1 Å². The highest BCUT2D eigenvalue weighted by molar-refractivity contribution is 6.07. The molecule has 31 heavy (non-hydrogen) atoms. The van der Waals surface area contributed by atoms with Crippen LogP contribution in [0.2, 0.25) is 0 Å². The summed E-state index contributed by atoms with van der Waals surface area (Å²) < 4.78 is 2.02. The first-order valence-corrected chi connectivity index (χ1v) is 9.81. The van der Waals surface area contributed by atoms with Gasteiger partial charge in [-0.05, 0) is 43.7 Å². The predicted molar refractivity (Wildman–Crippen MR) is 124 cm³/mol. The number of aryl methyl sites for hydroxylation is 2. The molecule has 1 fully saturated rings. The van der Waals surface area contributed by atoms with E-state index >= 15 is 0 Å². The van der Waals surface area contributed by atoms with E-state index in [0.717, 1.165) is 41.9 Å². The van der Waals surface area contributed by atoms with E-state index in [4.69, 9.17) is 16.9 Å². The fourth-order valence-electron chi connectivity index (χ4n) is 2.75. The van der Waals surface area contributed by atoms with Gasteiger partial charge in [-0.3, -0.25) is 9.59 Å². The van der Waals surface area contributed by atoms with E-state index < -0.39 is 0 Å². The van der Waals surface area contributed by atoms with Crippen molar-refractivity contribution in [3.05, 3.63) is 71.7 Å². The Labute approximate surface area is 181 Å². The van der Waals surface area contributed by atoms with Gasteiger partial charge in [-0.1, -0.05) is 18.2 Å². The Hall–Kier alpha value is -3.94. The van der Waals surface area contributed by atoms with Crippen LogP contribution in [0.5, 0.6) is 0 Å². The van der Waals surface area contributed by atoms with Crippen molar-refractivity contribution in [1.82, 2.24) is 14.5 Å². The minimum Gasteiger partial charge on any atom is -0.404 e. The predicted octanol–water partition coefficient (Wildman–Crippen LogP) is 2.46. The summed E-state index contributed by atoms with van der Waals surface area (Å²) >= 11 is 0. The molecule has 8 nitrogen and oxygen atoms in total. The van der Waals surface area contributed by atoms with Gasteiger partial charge in [-0.2, -0.15) is 0 Å². The maximum Gasteiger partial charge on any atom is 0.248 e. The quantitative estimate of drug-likeness (QED) is 0.442. The van der Waals surface area contributed by atoms with Crippen molar-refractivity contribution in [2.75, 3.05) is 13.1 Å². The number of nitrogens with two attached hydrogens (primary N) is 2. The van der Waals surface area contributed by atoms with Crippen molar-refractivity contribution in [3.8, 4) is 0 Å². The van der Waals surface area contributed by atoms with Crippen LogP contribution in [0.15, 0.2) is 54.7 Å². The van der Waals surface area contributed by atoms with Crippen LogP contribution in [0.4, 0.5) is 0 Å². The lowest BCUT2D eigenvalue weighted by molar-refractivity contribution is -0.121. The standard InChI is InChI=1S/C12H14N4.C7H7NO.C4H7NO/c1-8-5-9-3-4-11(10(6-13)7-14)15-12(9)16(8)2;8-7(9)6-4-2-1-3-5-6;6-4-5-2-1-3-5/h3-7,13H,14H2,1-2H3;1-5H,(H2,8,9);4H,1-3H2/b10-7+,13-6?;;. The molecule has 0 saturated carbocycles. The highest BCUT2D eigenvalue weighted by Crippen LogP contribution is 2.19. The Morgan fingerprint density at radius 2 is 1.84 bits per heavy atom. The highest BCUT2D eigenvalue weighted by Gasteiger charge is 2.08. The topological polar surface area (TPSA) is 131 Å². The second kappa shape index (κ2) is 11.3. The van der Waals surface area contributed by atoms with Crippen LogP contribution in [0.25, 0.3) is 16.6 Å². The van der Waals surface area contributed by atoms with Crippen LogP contribution >= 0.6 is 0 Å². The van der Waals surface area contributed by atoms with Gasteiger partial charge in [-0.25, -0.2) is 4.98 Å². The van der Waals surface area contributed by atoms with Gasteiger partial charge in [0.1, 0.15) is 5.65 Å². The van der Waals surface area contributed by atoms with Crippen LogP contribution in [0, 0.1) is 12.3 Å². The summed E-state index contributed by atoms with van der Waals surface area (Å²) in [4.78, 5) is 26.4. The summed E-state index contributed by atoms with van der Waals surface area (Å²) in [5, 5.41) is 8.35. The Morgan fingerprint density at radius 3 is 2.26 bits per heavy atom. The molecule has 2 amide bonds. The van der Waals surface area contributed by atoms with Crippen molar-refractivity contribution in [2.45, 2.75) is 13.3 Å². The van der Waals surface area contributed by atoms with Crippen molar-refractivity contribution in [1.29, 1.82) is 5.41 Å². The zero-order valence-corrected chi connectivity index (χ0v) is 17.8. The molecule has 0 spiro atoms. The van der Waals surface area contributed by atoms with E-state index in [9.17, 15) is 9.59 Å². The Morgan fingerprint density at radius 1 is 1.16 bits per heavy atom. The van der Waals surface area contributed by atoms with Gasteiger partial charge in [0.15, 0.2) is 0 Å². The second-order valence-electron chi connectivity index (χ2n) is 6.95. The lowest BCUT2D eigenvalue weighted by Crippen LogP contribution is -2.35. The molecule has 0 unspecified atom stereocenters. The zero-order chi connectivity index (χ0) is 22.8. The van der Waals surface area contributed by atoms with Crippen molar-refractivity contribution in [3.63, 3.8) is 0 Å². The largest absolute Gasteiger partial charge is 0.404 e. The van der Waals surface area contributed by atoms with Gasteiger partial charge >= 0.3 is 0 Å². The number of aromatic nitrogens is 2. The molecular weight excluding hydrogens is 392 g/mol. The first-order valence-electron chi connectivity index (χ1n) is 9.81. The van der Waals surface area contributed by atoms with Crippen molar-refractivity contribution < 1.29 is 9.59 Å². The summed E-state index contributed by atoms with van der Waals surface area (Å²) in [5.74, 6) is -0.379. The molecule has 1 aliphatic heterocycles. The summed E-state index contributed by atoms with van der Waals surface area (Å²) in [6.07, 6.45) is 4.70. The number of nitrogens with one attached hydrogen (secondary N) is 1. The van der Waals surface area contributed by atoms with Crippen LogP contribution in [0.1, 0.15) is 28.2 Å². The van der Waals surface area contributed by atoms with E-state index in [1.165, 1.54) is 18.8 Å². The van der Waals surface area contributed by atoms with Gasteiger partial charge in [-0.15, -0.1) is 0 Å². The fourth-order valence-corrected chi connectivity index (χ4v) is 2.75. The number of hydrogen-bond donors (Lipinski definition) is 3. The summed E-state index contributed by atoms with van der Waals surface area (Å²) in [6, 6.07) is 14.7. The molecule has 3 aromatic rings. The normalized spacial score (nSPS) is 12.6. The fraction of sp³-hybridized carbons (Fsp3) is 0.217. The lowest BCUT2D eigenvalue weighted by Gasteiger charge is -2.25. The minimum absolute atomic E-state index is 0.379. The Kier molecular flexibility index (Phi) is 8.51. The van der Waals surface area contributed by atoms with Gasteiger partial charge in [0.25, 0.3) is 0 Å². The number of carbonyl (C=O) groups is 2. The Bertz CT molecular complexity index is 1070. The first kappa shape index (κ1) is 23.3. The number of hydrogen-bond acceptors (Lipinski definition) is 5. The molecule has 4 rings (SSSR count). The van der Waals surface area contributed by atoms with Gasteiger partial charge in [0.2, 0.25) is 12.3 Å². The number of nitrogens with zero attached hydrogens (tertiary/aromatic N) is 3. The maximum atomic E-state index is 10.4. The molecule has 0 bridgehead atoms. The van der Waals surface area contributed by atoms with Gasteiger partial charge < -0.3 is 26.3 Å². The third-order valence-electron chi connectivity index (χ3n) is 4.85. The number of benzene rings is 1. The smallest absolute Gasteiger partial charge is 0.248 e. The number of primary amides is 1. The molecule has 0 atom stereocenters.